The molecule has 1 aliphatic rings. The van der Waals surface area contributed by atoms with Crippen LogP contribution in [0.25, 0.3) is 0 Å². The number of rotatable bonds is 6. The number of para-hydroxylation sites is 2. The van der Waals surface area contributed by atoms with E-state index in [0.29, 0.717) is 23.7 Å². The molecule has 3 aromatic rings. The number of ketones is 1. The summed E-state index contributed by atoms with van der Waals surface area (Å²) in [5.41, 5.74) is 2.58. The molecule has 29 heavy (non-hydrogen) atoms. The molecule has 6 nitrogen and oxygen atoms in total. The molecule has 1 aliphatic heterocycles. The highest BCUT2D eigenvalue weighted by Crippen LogP contribution is 2.31. The molecule has 0 fully saturated rings. The van der Waals surface area contributed by atoms with Crippen LogP contribution in [-0.2, 0) is 6.54 Å². The molecule has 0 saturated carbocycles. The summed E-state index contributed by atoms with van der Waals surface area (Å²) in [7, 11) is 0. The van der Waals surface area contributed by atoms with Crippen LogP contribution in [0.5, 0.6) is 11.5 Å². The number of ether oxygens (including phenoxy) is 2. The number of fused-ring (bicyclic) bond motifs is 1. The van der Waals surface area contributed by atoms with E-state index >= 15 is 0 Å². The Bertz CT molecular complexity index is 1050. The van der Waals surface area contributed by atoms with Gasteiger partial charge in [0.25, 0.3) is 5.03 Å². The first-order valence-corrected chi connectivity index (χ1v) is 10.4. The van der Waals surface area contributed by atoms with E-state index in [1.165, 1.54) is 18.0 Å². The molecular formula is C22H22N2O4S. The van der Waals surface area contributed by atoms with Crippen LogP contribution in [0.15, 0.2) is 59.8 Å². The average Bonchev–Trinajstić information content (AvgIpc) is 3.01. The summed E-state index contributed by atoms with van der Waals surface area (Å²) >= 11 is 1.25. The summed E-state index contributed by atoms with van der Waals surface area (Å²) in [6.07, 6.45) is 1.30. The molecule has 0 aliphatic carbocycles. The Kier molecular flexibility index (Phi) is 5.49. The lowest BCUT2D eigenvalue weighted by molar-refractivity contribution is -0.645. The van der Waals surface area contributed by atoms with Crippen molar-refractivity contribution in [1.29, 1.82) is 0 Å². The molecule has 150 valence electrons. The number of aryl methyl sites for hydroxylation is 1. The quantitative estimate of drug-likeness (QED) is 0.269. The summed E-state index contributed by atoms with van der Waals surface area (Å²) in [6, 6.07) is 14.7. The maximum atomic E-state index is 12.8. The van der Waals surface area contributed by atoms with E-state index in [4.69, 9.17) is 9.47 Å². The van der Waals surface area contributed by atoms with Crippen LogP contribution < -0.4 is 14.2 Å². The van der Waals surface area contributed by atoms with Gasteiger partial charge in [-0.1, -0.05) is 12.1 Å². The monoisotopic (exact) mass is 410 g/mol. The topological polar surface area (TPSA) is 67.4 Å². The molecule has 0 amide bonds. The highest BCUT2D eigenvalue weighted by Gasteiger charge is 2.24. The minimum Gasteiger partial charge on any atom is -0.618 e. The molecule has 0 bridgehead atoms. The SMILES string of the molecule is Cc1cc(C(=O)CSc2cccc[n+]2[O-])c(C)n1CC1COc2ccccc2O1. The Morgan fingerprint density at radius 3 is 2.76 bits per heavy atom. The predicted molar refractivity (Wildman–Crippen MR) is 111 cm³/mol. The zero-order valence-electron chi connectivity index (χ0n) is 16.3. The number of thioether (sulfide) groups is 1. The standard InChI is InChI=1S/C22H22N2O4S/c1-15-11-18(19(25)14-29-22-9-5-6-10-24(22)26)16(2)23(15)12-17-13-27-20-7-3-4-8-21(20)28-17/h3-11,17H,12-14H2,1-2H3. The van der Waals surface area contributed by atoms with Crippen LogP contribution in [-0.4, -0.2) is 28.8 Å². The fourth-order valence-electron chi connectivity index (χ4n) is 3.46. The number of nitrogens with zero attached hydrogens (tertiary/aromatic N) is 2. The molecule has 4 rings (SSSR count). The molecule has 0 radical (unpaired) electrons. The smallest absolute Gasteiger partial charge is 0.251 e. The predicted octanol–water partition coefficient (Wildman–Crippen LogP) is 3.55. The molecule has 0 N–H and O–H groups in total. The van der Waals surface area contributed by atoms with Crippen molar-refractivity contribution < 1.29 is 19.0 Å². The van der Waals surface area contributed by atoms with Gasteiger partial charge in [-0.2, -0.15) is 4.73 Å². The maximum absolute atomic E-state index is 12.8. The number of carbonyl (C=O) groups excluding carboxylic acids is 1. The van der Waals surface area contributed by atoms with Gasteiger partial charge in [0, 0.05) is 29.1 Å². The lowest BCUT2D eigenvalue weighted by atomic mass is 10.2. The van der Waals surface area contributed by atoms with Gasteiger partial charge in [0.1, 0.15) is 6.61 Å². The molecule has 1 atom stereocenters. The minimum absolute atomic E-state index is 0.00404. The van der Waals surface area contributed by atoms with Crippen molar-refractivity contribution in [2.75, 3.05) is 12.4 Å². The van der Waals surface area contributed by atoms with Gasteiger partial charge in [-0.25, -0.2) is 0 Å². The van der Waals surface area contributed by atoms with Crippen LogP contribution in [0.2, 0.25) is 0 Å². The van der Waals surface area contributed by atoms with E-state index in [9.17, 15) is 10.0 Å². The second-order valence-corrected chi connectivity index (χ2v) is 7.97. The normalized spacial score (nSPS) is 15.3. The van der Waals surface area contributed by atoms with E-state index in [1.54, 1.807) is 18.2 Å². The lowest BCUT2D eigenvalue weighted by Gasteiger charge is -2.27. The minimum atomic E-state index is -0.129. The number of hydrogen-bond acceptors (Lipinski definition) is 5. The van der Waals surface area contributed by atoms with Crippen molar-refractivity contribution in [2.24, 2.45) is 0 Å². The summed E-state index contributed by atoms with van der Waals surface area (Å²) < 4.78 is 14.7. The Labute approximate surface area is 173 Å². The average molecular weight is 410 g/mol. The first kappa shape index (κ1) is 19.4. The summed E-state index contributed by atoms with van der Waals surface area (Å²) in [4.78, 5) is 12.8. The summed E-state index contributed by atoms with van der Waals surface area (Å²) in [5.74, 6) is 1.72. The van der Waals surface area contributed by atoms with E-state index < -0.39 is 0 Å². The Morgan fingerprint density at radius 1 is 1.21 bits per heavy atom. The van der Waals surface area contributed by atoms with Gasteiger partial charge in [0.05, 0.1) is 12.3 Å². The van der Waals surface area contributed by atoms with Crippen LogP contribution in [0.1, 0.15) is 21.7 Å². The zero-order valence-corrected chi connectivity index (χ0v) is 17.1. The summed E-state index contributed by atoms with van der Waals surface area (Å²) in [5, 5.41) is 12.3. The Balaban J connectivity index is 1.45. The van der Waals surface area contributed by atoms with Gasteiger partial charge in [0.2, 0.25) is 0 Å². The number of benzene rings is 1. The molecule has 7 heteroatoms. The fourth-order valence-corrected chi connectivity index (χ4v) is 4.26. The maximum Gasteiger partial charge on any atom is 0.251 e. The van der Waals surface area contributed by atoms with Crippen molar-refractivity contribution in [3.63, 3.8) is 0 Å². The van der Waals surface area contributed by atoms with Crippen LogP contribution in [0.3, 0.4) is 0 Å². The van der Waals surface area contributed by atoms with Gasteiger partial charge in [-0.3, -0.25) is 4.79 Å². The Hall–Kier alpha value is -2.93. The number of pyridine rings is 1. The molecule has 1 aromatic carbocycles. The number of carbonyl (C=O) groups is 1. The third kappa shape index (κ3) is 4.10. The van der Waals surface area contributed by atoms with Crippen molar-refractivity contribution in [1.82, 2.24) is 4.57 Å². The largest absolute Gasteiger partial charge is 0.618 e. The fraction of sp³-hybridized carbons (Fsp3) is 0.273. The van der Waals surface area contributed by atoms with Crippen LogP contribution in [0.4, 0.5) is 0 Å². The lowest BCUT2D eigenvalue weighted by Crippen LogP contribution is -2.33. The molecule has 2 aromatic heterocycles. The number of aromatic nitrogens is 2. The van der Waals surface area contributed by atoms with Gasteiger partial charge in [0.15, 0.2) is 29.6 Å². The van der Waals surface area contributed by atoms with E-state index in [1.807, 2.05) is 44.2 Å². The Morgan fingerprint density at radius 2 is 1.97 bits per heavy atom. The third-order valence-electron chi connectivity index (χ3n) is 4.97. The van der Waals surface area contributed by atoms with Crippen molar-refractivity contribution in [3.8, 4) is 11.5 Å². The van der Waals surface area contributed by atoms with Crippen molar-refractivity contribution >= 4 is 17.5 Å². The molecule has 0 saturated heterocycles. The molecule has 0 spiro atoms. The number of hydrogen-bond donors (Lipinski definition) is 0. The third-order valence-corrected chi connectivity index (χ3v) is 5.99. The first-order chi connectivity index (χ1) is 14.0. The van der Waals surface area contributed by atoms with Crippen LogP contribution in [0, 0.1) is 19.1 Å². The molecular weight excluding hydrogens is 388 g/mol. The molecule has 3 heterocycles. The van der Waals surface area contributed by atoms with Crippen molar-refractivity contribution in [3.05, 3.63) is 76.9 Å². The van der Waals surface area contributed by atoms with Crippen molar-refractivity contribution in [2.45, 2.75) is 31.5 Å². The van der Waals surface area contributed by atoms with E-state index in [0.717, 1.165) is 27.6 Å². The highest BCUT2D eigenvalue weighted by molar-refractivity contribution is 7.99. The van der Waals surface area contributed by atoms with E-state index in [-0.39, 0.29) is 17.6 Å². The summed E-state index contributed by atoms with van der Waals surface area (Å²) in [6.45, 7) is 4.99. The van der Waals surface area contributed by atoms with Gasteiger partial charge in [-0.15, -0.1) is 0 Å². The second-order valence-electron chi connectivity index (χ2n) is 6.97. The van der Waals surface area contributed by atoms with E-state index in [2.05, 4.69) is 4.57 Å². The number of Topliss-reactive ketones (excluding diaryl/α,β-unsaturated/α-hetero) is 1. The van der Waals surface area contributed by atoms with Crippen LogP contribution >= 0.6 is 11.8 Å². The second kappa shape index (κ2) is 8.21. The first-order valence-electron chi connectivity index (χ1n) is 9.42. The van der Waals surface area contributed by atoms with Gasteiger partial charge in [-0.05, 0) is 49.9 Å². The van der Waals surface area contributed by atoms with Gasteiger partial charge < -0.3 is 19.2 Å². The van der Waals surface area contributed by atoms with Gasteiger partial charge >= 0.3 is 0 Å². The zero-order chi connectivity index (χ0) is 20.4. The molecule has 1 unspecified atom stereocenters. The highest BCUT2D eigenvalue weighted by atomic mass is 32.2.